The lowest BCUT2D eigenvalue weighted by atomic mass is 10.2. The summed E-state index contributed by atoms with van der Waals surface area (Å²) >= 11 is 0. The first kappa shape index (κ1) is 14.1. The van der Waals surface area contributed by atoms with Crippen LogP contribution in [0.5, 0.6) is 0 Å². The number of ether oxygens (including phenoxy) is 1. The van der Waals surface area contributed by atoms with Crippen LogP contribution in [0.4, 0.5) is 5.69 Å². The predicted octanol–water partition coefficient (Wildman–Crippen LogP) is 1.93. The number of fused-ring (bicyclic) bond motifs is 1. The average molecular weight is 288 g/mol. The van der Waals surface area contributed by atoms with Crippen molar-refractivity contribution in [1.29, 1.82) is 0 Å². The highest BCUT2D eigenvalue weighted by atomic mass is 16.5. The van der Waals surface area contributed by atoms with Crippen LogP contribution < -0.4 is 10.9 Å². The normalized spacial score (nSPS) is 16.2. The maximum Gasteiger partial charge on any atom is 0.338 e. The van der Waals surface area contributed by atoms with Crippen molar-refractivity contribution < 1.29 is 9.15 Å². The van der Waals surface area contributed by atoms with Crippen molar-refractivity contribution in [3.8, 4) is 0 Å². The third-order valence-corrected chi connectivity index (χ3v) is 3.72. The van der Waals surface area contributed by atoms with Crippen molar-refractivity contribution in [2.45, 2.75) is 6.42 Å². The van der Waals surface area contributed by atoms with Crippen LogP contribution in [0.15, 0.2) is 39.5 Å². The molecule has 0 amide bonds. The molecule has 1 fully saturated rings. The van der Waals surface area contributed by atoms with E-state index in [1.807, 2.05) is 24.3 Å². The molecule has 1 N–H and O–H groups in total. The summed E-state index contributed by atoms with van der Waals surface area (Å²) in [5.41, 5.74) is 1.16. The molecule has 0 radical (unpaired) electrons. The molecule has 2 heterocycles. The summed E-state index contributed by atoms with van der Waals surface area (Å²) in [6.45, 7) is 5.58. The van der Waals surface area contributed by atoms with Crippen LogP contribution in [-0.4, -0.2) is 44.3 Å². The van der Waals surface area contributed by atoms with E-state index in [9.17, 15) is 4.79 Å². The highest BCUT2D eigenvalue weighted by molar-refractivity contribution is 5.89. The van der Waals surface area contributed by atoms with Gasteiger partial charge in [0.05, 0.1) is 18.9 Å². The second kappa shape index (κ2) is 6.74. The van der Waals surface area contributed by atoms with E-state index in [2.05, 4.69) is 10.2 Å². The largest absolute Gasteiger partial charge is 0.423 e. The molecule has 5 nitrogen and oxygen atoms in total. The molecule has 112 valence electrons. The van der Waals surface area contributed by atoms with E-state index in [0.29, 0.717) is 5.58 Å². The van der Waals surface area contributed by atoms with Gasteiger partial charge < -0.3 is 14.5 Å². The molecule has 0 spiro atoms. The van der Waals surface area contributed by atoms with Gasteiger partial charge in [0.2, 0.25) is 0 Å². The number of morpholine rings is 1. The number of rotatable bonds is 5. The first-order valence-electron chi connectivity index (χ1n) is 7.40. The molecule has 21 heavy (non-hydrogen) atoms. The highest BCUT2D eigenvalue weighted by Gasteiger charge is 2.09. The van der Waals surface area contributed by atoms with Crippen LogP contribution >= 0.6 is 0 Å². The van der Waals surface area contributed by atoms with Gasteiger partial charge in [-0.3, -0.25) is 4.90 Å². The molecule has 1 aliphatic heterocycles. The van der Waals surface area contributed by atoms with Crippen molar-refractivity contribution in [2.24, 2.45) is 0 Å². The fourth-order valence-corrected chi connectivity index (χ4v) is 2.61. The molecule has 1 saturated heterocycles. The number of benzene rings is 1. The lowest BCUT2D eigenvalue weighted by Gasteiger charge is -2.26. The lowest BCUT2D eigenvalue weighted by Crippen LogP contribution is -2.37. The Morgan fingerprint density at radius 1 is 1.19 bits per heavy atom. The summed E-state index contributed by atoms with van der Waals surface area (Å²) in [7, 11) is 0. The Bertz CT molecular complexity index is 647. The van der Waals surface area contributed by atoms with E-state index in [1.165, 1.54) is 6.07 Å². The van der Waals surface area contributed by atoms with Gasteiger partial charge in [-0.25, -0.2) is 4.79 Å². The molecule has 0 saturated carbocycles. The van der Waals surface area contributed by atoms with Gasteiger partial charge in [0.25, 0.3) is 0 Å². The van der Waals surface area contributed by atoms with E-state index in [1.54, 1.807) is 0 Å². The van der Waals surface area contributed by atoms with E-state index in [4.69, 9.17) is 9.15 Å². The number of nitrogens with one attached hydrogen (secondary N) is 1. The Hall–Kier alpha value is -1.85. The smallest absolute Gasteiger partial charge is 0.338 e. The van der Waals surface area contributed by atoms with Crippen LogP contribution in [-0.2, 0) is 4.74 Å². The van der Waals surface area contributed by atoms with E-state index in [-0.39, 0.29) is 5.63 Å². The van der Waals surface area contributed by atoms with Gasteiger partial charge in [-0.15, -0.1) is 0 Å². The quantitative estimate of drug-likeness (QED) is 0.673. The molecule has 0 atom stereocenters. The van der Waals surface area contributed by atoms with Crippen molar-refractivity contribution >= 4 is 16.7 Å². The average Bonchev–Trinajstić information content (AvgIpc) is 2.52. The minimum absolute atomic E-state index is 0.315. The second-order valence-corrected chi connectivity index (χ2v) is 5.21. The van der Waals surface area contributed by atoms with Crippen molar-refractivity contribution in [3.63, 3.8) is 0 Å². The van der Waals surface area contributed by atoms with E-state index < -0.39 is 0 Å². The zero-order chi connectivity index (χ0) is 14.5. The zero-order valence-corrected chi connectivity index (χ0v) is 12.0. The third-order valence-electron chi connectivity index (χ3n) is 3.72. The Balaban J connectivity index is 1.58. The van der Waals surface area contributed by atoms with Crippen LogP contribution in [0, 0.1) is 0 Å². The summed E-state index contributed by atoms with van der Waals surface area (Å²) in [5, 5.41) is 4.30. The first-order valence-corrected chi connectivity index (χ1v) is 7.40. The molecule has 0 unspecified atom stereocenters. The molecule has 1 aliphatic rings. The summed E-state index contributed by atoms with van der Waals surface area (Å²) in [6.07, 6.45) is 1.04. The summed E-state index contributed by atoms with van der Waals surface area (Å²) in [6, 6.07) is 9.12. The van der Waals surface area contributed by atoms with Crippen LogP contribution in [0.2, 0.25) is 0 Å². The molecule has 3 rings (SSSR count). The van der Waals surface area contributed by atoms with E-state index in [0.717, 1.165) is 56.9 Å². The van der Waals surface area contributed by atoms with Crippen molar-refractivity contribution in [3.05, 3.63) is 40.8 Å². The molecule has 5 heteroatoms. The predicted molar refractivity (Wildman–Crippen MR) is 82.8 cm³/mol. The highest BCUT2D eigenvalue weighted by Crippen LogP contribution is 2.20. The van der Waals surface area contributed by atoms with Crippen molar-refractivity contribution in [1.82, 2.24) is 4.90 Å². The van der Waals surface area contributed by atoms with Gasteiger partial charge in [0.15, 0.2) is 0 Å². The minimum atomic E-state index is -0.315. The Morgan fingerprint density at radius 2 is 2.00 bits per heavy atom. The van der Waals surface area contributed by atoms with Crippen molar-refractivity contribution in [2.75, 3.05) is 44.7 Å². The van der Waals surface area contributed by atoms with Crippen LogP contribution in [0.1, 0.15) is 6.42 Å². The summed E-state index contributed by atoms with van der Waals surface area (Å²) in [5.74, 6) is 0. The number of anilines is 1. The van der Waals surface area contributed by atoms with E-state index >= 15 is 0 Å². The molecule has 2 aromatic rings. The van der Waals surface area contributed by atoms with Gasteiger partial charge in [-0.2, -0.15) is 0 Å². The number of nitrogens with zero attached hydrogens (tertiary/aromatic N) is 1. The maximum atomic E-state index is 11.6. The summed E-state index contributed by atoms with van der Waals surface area (Å²) < 4.78 is 10.5. The van der Waals surface area contributed by atoms with Crippen LogP contribution in [0.3, 0.4) is 0 Å². The molecule has 0 aliphatic carbocycles. The fraction of sp³-hybridized carbons (Fsp3) is 0.438. The van der Waals surface area contributed by atoms with Gasteiger partial charge >= 0.3 is 5.63 Å². The Kier molecular flexibility index (Phi) is 4.52. The molecule has 1 aromatic heterocycles. The fourth-order valence-electron chi connectivity index (χ4n) is 2.61. The molecular weight excluding hydrogens is 268 g/mol. The van der Waals surface area contributed by atoms with Gasteiger partial charge in [0, 0.05) is 31.1 Å². The monoisotopic (exact) mass is 288 g/mol. The Morgan fingerprint density at radius 3 is 2.86 bits per heavy atom. The number of para-hydroxylation sites is 1. The lowest BCUT2D eigenvalue weighted by molar-refractivity contribution is 0.0378. The number of hydrogen-bond acceptors (Lipinski definition) is 5. The molecule has 1 aromatic carbocycles. The third kappa shape index (κ3) is 3.62. The molecule has 0 bridgehead atoms. The van der Waals surface area contributed by atoms with Gasteiger partial charge in [-0.1, -0.05) is 12.1 Å². The maximum absolute atomic E-state index is 11.6. The second-order valence-electron chi connectivity index (χ2n) is 5.21. The van der Waals surface area contributed by atoms with Crippen LogP contribution in [0.25, 0.3) is 11.0 Å². The zero-order valence-electron chi connectivity index (χ0n) is 12.0. The van der Waals surface area contributed by atoms with Gasteiger partial charge in [-0.05, 0) is 25.1 Å². The SMILES string of the molecule is O=c1cc(NCCCN2CCOCC2)c2ccccc2o1. The summed E-state index contributed by atoms with van der Waals surface area (Å²) in [4.78, 5) is 14.0. The molecular formula is C16H20N2O3. The minimum Gasteiger partial charge on any atom is -0.423 e. The Labute approximate surface area is 123 Å². The standard InChI is InChI=1S/C16H20N2O3/c19-16-12-14(13-4-1-2-5-15(13)21-16)17-6-3-7-18-8-10-20-11-9-18/h1-2,4-5,12,17H,3,6-11H2. The number of hydrogen-bond donors (Lipinski definition) is 1. The first-order chi connectivity index (χ1) is 10.3. The topological polar surface area (TPSA) is 54.7 Å². The van der Waals surface area contributed by atoms with Gasteiger partial charge in [0.1, 0.15) is 5.58 Å².